The second-order valence-electron chi connectivity index (χ2n) is 6.03. The van der Waals surface area contributed by atoms with E-state index in [0.717, 1.165) is 5.56 Å². The van der Waals surface area contributed by atoms with Crippen LogP contribution in [0, 0.1) is 6.92 Å². The van der Waals surface area contributed by atoms with Gasteiger partial charge >= 0.3 is 5.97 Å². The van der Waals surface area contributed by atoms with E-state index in [1.54, 1.807) is 13.0 Å². The molecule has 7 nitrogen and oxygen atoms in total. The van der Waals surface area contributed by atoms with Crippen molar-refractivity contribution in [3.8, 4) is 0 Å². The van der Waals surface area contributed by atoms with Crippen LogP contribution in [0.25, 0.3) is 5.65 Å². The van der Waals surface area contributed by atoms with E-state index in [1.165, 1.54) is 11.6 Å². The van der Waals surface area contributed by atoms with Crippen molar-refractivity contribution in [2.24, 2.45) is 0 Å². The highest BCUT2D eigenvalue weighted by molar-refractivity contribution is 5.96. The van der Waals surface area contributed by atoms with Gasteiger partial charge in [-0.3, -0.25) is 0 Å². The van der Waals surface area contributed by atoms with Crippen LogP contribution in [0.1, 0.15) is 35.6 Å². The van der Waals surface area contributed by atoms with E-state index in [1.807, 2.05) is 44.2 Å². The maximum atomic E-state index is 12.1. The van der Waals surface area contributed by atoms with Gasteiger partial charge in [0.1, 0.15) is 11.4 Å². The van der Waals surface area contributed by atoms with Gasteiger partial charge in [-0.2, -0.15) is 4.52 Å². The largest absolute Gasteiger partial charge is 0.465 e. The molecule has 1 aromatic carbocycles. The molecule has 0 saturated heterocycles. The Bertz CT molecular complexity index is 887. The molecule has 0 fully saturated rings. The zero-order chi connectivity index (χ0) is 17.3. The van der Waals surface area contributed by atoms with E-state index in [-0.39, 0.29) is 5.54 Å². The normalized spacial score (nSPS) is 11.5. The summed E-state index contributed by atoms with van der Waals surface area (Å²) in [7, 11) is 1.34. The minimum absolute atomic E-state index is 0.319. The Morgan fingerprint density at radius 3 is 2.58 bits per heavy atom. The van der Waals surface area contributed by atoms with Gasteiger partial charge in [0.2, 0.25) is 0 Å². The fourth-order valence-electron chi connectivity index (χ4n) is 2.55. The van der Waals surface area contributed by atoms with Crippen LogP contribution in [0.3, 0.4) is 0 Å². The van der Waals surface area contributed by atoms with Crippen molar-refractivity contribution in [1.29, 1.82) is 0 Å². The number of nitrogens with zero attached hydrogens (tertiary/aromatic N) is 4. The molecule has 0 aliphatic carbocycles. The topological polar surface area (TPSA) is 81.4 Å². The van der Waals surface area contributed by atoms with Crippen LogP contribution in [0.5, 0.6) is 0 Å². The van der Waals surface area contributed by atoms with Gasteiger partial charge in [-0.05, 0) is 26.3 Å². The summed E-state index contributed by atoms with van der Waals surface area (Å²) >= 11 is 0. The first-order valence-corrected chi connectivity index (χ1v) is 7.57. The van der Waals surface area contributed by atoms with E-state index in [4.69, 9.17) is 4.74 Å². The maximum absolute atomic E-state index is 12.1. The lowest BCUT2D eigenvalue weighted by Crippen LogP contribution is -2.29. The summed E-state index contributed by atoms with van der Waals surface area (Å²) in [5, 5.41) is 15.9. The van der Waals surface area contributed by atoms with Crippen molar-refractivity contribution in [3.05, 3.63) is 53.3 Å². The van der Waals surface area contributed by atoms with Crippen molar-refractivity contribution in [3.63, 3.8) is 0 Å². The highest BCUT2D eigenvalue weighted by atomic mass is 16.5. The molecule has 0 bridgehead atoms. The second-order valence-corrected chi connectivity index (χ2v) is 6.03. The summed E-state index contributed by atoms with van der Waals surface area (Å²) < 4.78 is 6.39. The molecule has 0 radical (unpaired) electrons. The number of aryl methyl sites for hydroxylation is 1. The molecule has 0 unspecified atom stereocenters. The molecule has 0 spiro atoms. The third-order valence-electron chi connectivity index (χ3n) is 3.87. The number of hydrogen-bond acceptors (Lipinski definition) is 6. The van der Waals surface area contributed by atoms with Gasteiger partial charge in [-0.15, -0.1) is 15.3 Å². The monoisotopic (exact) mass is 325 g/mol. The summed E-state index contributed by atoms with van der Waals surface area (Å²) in [4.78, 5) is 12.1. The average molecular weight is 325 g/mol. The molecule has 2 aromatic heterocycles. The predicted molar refractivity (Wildman–Crippen MR) is 89.9 cm³/mol. The van der Waals surface area contributed by atoms with E-state index in [2.05, 4.69) is 20.6 Å². The number of methoxy groups -OCH3 is 1. The minimum Gasteiger partial charge on any atom is -0.465 e. The smallest absolute Gasteiger partial charge is 0.341 e. The van der Waals surface area contributed by atoms with E-state index in [0.29, 0.717) is 22.9 Å². The molecule has 0 amide bonds. The van der Waals surface area contributed by atoms with Gasteiger partial charge < -0.3 is 10.1 Å². The molecule has 24 heavy (non-hydrogen) atoms. The third kappa shape index (κ3) is 2.80. The van der Waals surface area contributed by atoms with Crippen molar-refractivity contribution in [2.75, 3.05) is 12.4 Å². The number of hydrogen-bond donors (Lipinski definition) is 1. The van der Waals surface area contributed by atoms with Crippen molar-refractivity contribution in [1.82, 2.24) is 19.8 Å². The van der Waals surface area contributed by atoms with Crippen LogP contribution in [0.2, 0.25) is 0 Å². The van der Waals surface area contributed by atoms with Crippen LogP contribution in [0.4, 0.5) is 5.82 Å². The van der Waals surface area contributed by atoms with Gasteiger partial charge in [0.25, 0.3) is 0 Å². The number of anilines is 1. The lowest BCUT2D eigenvalue weighted by Gasteiger charge is -2.27. The molecule has 0 aliphatic heterocycles. The van der Waals surface area contributed by atoms with Gasteiger partial charge in [-0.25, -0.2) is 4.79 Å². The lowest BCUT2D eigenvalue weighted by atomic mass is 9.94. The number of carbonyl (C=O) groups excluding carboxylic acids is 1. The summed E-state index contributed by atoms with van der Waals surface area (Å²) in [6.07, 6.45) is 0. The van der Waals surface area contributed by atoms with Crippen molar-refractivity contribution < 1.29 is 9.53 Å². The first kappa shape index (κ1) is 15.9. The fourth-order valence-corrected chi connectivity index (χ4v) is 2.55. The molecular formula is C17H19N5O2. The van der Waals surface area contributed by atoms with E-state index < -0.39 is 5.97 Å². The summed E-state index contributed by atoms with van der Waals surface area (Å²) in [5.41, 5.74) is 1.42. The summed E-state index contributed by atoms with van der Waals surface area (Å²) in [5.74, 6) is 0.659. The molecule has 7 heteroatoms. The number of rotatable bonds is 4. The molecule has 0 saturated carbocycles. The quantitative estimate of drug-likeness (QED) is 0.743. The first-order valence-electron chi connectivity index (χ1n) is 7.57. The zero-order valence-corrected chi connectivity index (χ0v) is 14.1. The Hall–Kier alpha value is -2.96. The van der Waals surface area contributed by atoms with E-state index >= 15 is 0 Å². The van der Waals surface area contributed by atoms with E-state index in [9.17, 15) is 4.79 Å². The zero-order valence-electron chi connectivity index (χ0n) is 14.1. The molecule has 0 aliphatic rings. The number of benzene rings is 1. The highest BCUT2D eigenvalue weighted by Gasteiger charge is 2.23. The van der Waals surface area contributed by atoms with Gasteiger partial charge in [-0.1, -0.05) is 30.3 Å². The number of fused-ring (bicyclic) bond motifs is 1. The number of nitrogens with one attached hydrogen (secondary N) is 1. The second kappa shape index (κ2) is 5.92. The highest BCUT2D eigenvalue weighted by Crippen LogP contribution is 2.25. The maximum Gasteiger partial charge on any atom is 0.341 e. The van der Waals surface area contributed by atoms with Crippen molar-refractivity contribution >= 4 is 17.4 Å². The van der Waals surface area contributed by atoms with Gasteiger partial charge in [0.15, 0.2) is 11.5 Å². The summed E-state index contributed by atoms with van der Waals surface area (Å²) in [6, 6.07) is 11.7. The number of aromatic nitrogens is 4. The van der Waals surface area contributed by atoms with Crippen LogP contribution >= 0.6 is 0 Å². The SMILES string of the molecule is COC(=O)c1cc(NC(C)(C)c2ccccc2)nn2c(C)nnc12. The molecule has 2 heterocycles. The molecule has 1 N–H and O–H groups in total. The molecular weight excluding hydrogens is 306 g/mol. The van der Waals surface area contributed by atoms with Crippen LogP contribution in [-0.2, 0) is 10.3 Å². The Morgan fingerprint density at radius 1 is 1.21 bits per heavy atom. The van der Waals surface area contributed by atoms with Crippen molar-refractivity contribution in [2.45, 2.75) is 26.3 Å². The Morgan fingerprint density at radius 2 is 1.92 bits per heavy atom. The Labute approximate surface area is 139 Å². The number of ether oxygens (including phenoxy) is 1. The van der Waals surface area contributed by atoms with Crippen LogP contribution in [0.15, 0.2) is 36.4 Å². The average Bonchev–Trinajstić information content (AvgIpc) is 2.95. The van der Waals surface area contributed by atoms with Gasteiger partial charge in [0.05, 0.1) is 12.6 Å². The van der Waals surface area contributed by atoms with Crippen LogP contribution < -0.4 is 5.32 Å². The molecule has 3 rings (SSSR count). The number of esters is 1. The first-order chi connectivity index (χ1) is 11.4. The predicted octanol–water partition coefficient (Wildman–Crippen LogP) is 2.57. The summed E-state index contributed by atoms with van der Waals surface area (Å²) in [6.45, 7) is 5.87. The molecule has 124 valence electrons. The Kier molecular flexibility index (Phi) is 3.92. The minimum atomic E-state index is -0.477. The third-order valence-corrected chi connectivity index (χ3v) is 3.87. The number of carbonyl (C=O) groups is 1. The Balaban J connectivity index is 2.06. The standard InChI is InChI=1S/C17H19N5O2/c1-11-19-20-15-13(16(23)24-4)10-14(21-22(11)15)18-17(2,3)12-8-6-5-7-9-12/h5-10H,1-4H3,(H,18,21). The molecule has 0 atom stereocenters. The van der Waals surface area contributed by atoms with Crippen LogP contribution in [-0.4, -0.2) is 32.9 Å². The van der Waals surface area contributed by atoms with Gasteiger partial charge in [0, 0.05) is 6.07 Å². The lowest BCUT2D eigenvalue weighted by molar-refractivity contribution is 0.0602. The fraction of sp³-hybridized carbons (Fsp3) is 0.294. The molecule has 3 aromatic rings.